The summed E-state index contributed by atoms with van der Waals surface area (Å²) in [5.41, 5.74) is 33.6. The lowest BCUT2D eigenvalue weighted by Crippen LogP contribution is -2.28. The number of fused-ring (bicyclic) bond motifs is 25. The number of rotatable bonds is 0. The maximum Gasteiger partial charge on any atom is 0.260 e. The Kier molecular flexibility index (Phi) is 23.1. The van der Waals surface area contributed by atoms with Crippen molar-refractivity contribution in [3.05, 3.63) is 323 Å². The van der Waals surface area contributed by atoms with Gasteiger partial charge in [0.25, 0.3) is 58.6 Å². The van der Waals surface area contributed by atoms with Crippen molar-refractivity contribution in [2.24, 2.45) is 35.2 Å². The first kappa shape index (κ1) is 82.7. The standard InChI is InChI=1S/5C21H19FN6O2/c5*1-11-15-8-13(22)5-6-14(15)21(29)27(3)10-16-18(20(24-2)28(4)26-16)12-7-17(30-11)19(23)25-9-12/h5*5-9,11H,10H2,1,3-4H3,(H2,23,25)/t4*11-;/m1000./s1/i1D3,11D;2*3D3;;1D3,3D3,11D. The molecule has 40 nitrogen and oxygen atoms in total. The van der Waals surface area contributed by atoms with E-state index in [2.05, 4.69) is 74.6 Å². The van der Waals surface area contributed by atoms with Crippen LogP contribution in [0, 0.1) is 61.9 Å². The van der Waals surface area contributed by atoms with E-state index in [0.717, 1.165) is 54.6 Å². The average molecular weight is 2050 g/mol. The van der Waals surface area contributed by atoms with Gasteiger partial charge in [0.2, 0.25) is 0 Å². The third-order valence-electron chi connectivity index (χ3n) is 24.2. The van der Waals surface area contributed by atoms with Crippen molar-refractivity contribution < 1.29 is 92.9 Å². The van der Waals surface area contributed by atoms with E-state index in [1.165, 1.54) is 115 Å². The molecule has 1 unspecified atom stereocenters. The van der Waals surface area contributed by atoms with Gasteiger partial charge in [-0.05, 0) is 184 Å². The van der Waals surface area contributed by atoms with Crippen LogP contribution in [0.25, 0.3) is 79.9 Å². The van der Waals surface area contributed by atoms with Crippen molar-refractivity contribution in [3.8, 4) is 84.4 Å². The van der Waals surface area contributed by atoms with Gasteiger partial charge in [-0.2, -0.15) is 0 Å². The molecular weight excluding hydrogens is 1940 g/mol. The van der Waals surface area contributed by atoms with Crippen LogP contribution in [0.2, 0.25) is 0 Å². The molecule has 760 valence electrons. The van der Waals surface area contributed by atoms with Crippen molar-refractivity contribution in [3.63, 3.8) is 0 Å². The first-order valence-electron chi connectivity index (χ1n) is 53.1. The van der Waals surface area contributed by atoms with Crippen LogP contribution in [0.4, 0.5) is 80.1 Å². The molecule has 5 aromatic carbocycles. The molecule has 0 aliphatic carbocycles. The zero-order valence-corrected chi connectivity index (χ0v) is 80.7. The lowest BCUT2D eigenvalue weighted by Gasteiger charge is -2.23. The molecule has 0 spiro atoms. The monoisotopic (exact) mass is 2050 g/mol. The minimum atomic E-state index is -3.33. The van der Waals surface area contributed by atoms with E-state index >= 15 is 0 Å². The Bertz CT molecular complexity index is 8840. The van der Waals surface area contributed by atoms with Crippen LogP contribution < -0.4 is 52.4 Å². The van der Waals surface area contributed by atoms with Crippen molar-refractivity contribution in [2.75, 3.05) is 63.7 Å². The van der Waals surface area contributed by atoms with Crippen LogP contribution in [0.1, 0.15) is 196 Å². The molecule has 10 aromatic heterocycles. The number of anilines is 5. The number of hydrogen-bond donors (Lipinski definition) is 5. The third-order valence-corrected chi connectivity index (χ3v) is 24.2. The molecule has 15 aromatic rings. The Hall–Kier alpha value is -19.6. The molecule has 150 heavy (non-hydrogen) atoms. The van der Waals surface area contributed by atoms with E-state index in [0.29, 0.717) is 93.6 Å². The number of aromatic nitrogens is 15. The Morgan fingerprint density at radius 2 is 0.500 bits per heavy atom. The van der Waals surface area contributed by atoms with Gasteiger partial charge < -0.3 is 101 Å². The number of carbonyl (C=O) groups is 5. The third kappa shape index (κ3) is 20.3. The zero-order chi connectivity index (χ0) is 122. The number of carbonyl (C=O) groups excluding carboxylic acids is 5. The fraction of sp³-hybridized carbons (Fsp3) is 0.238. The van der Waals surface area contributed by atoms with Crippen LogP contribution >= 0.6 is 0 Å². The summed E-state index contributed by atoms with van der Waals surface area (Å²) in [5.74, 6) is -7.05. The summed E-state index contributed by atoms with van der Waals surface area (Å²) >= 11 is 0. The quantitative estimate of drug-likeness (QED) is 0.0695. The van der Waals surface area contributed by atoms with Gasteiger partial charge in [0, 0.05) is 170 Å². The number of halogens is 5. The molecule has 5 aliphatic rings. The van der Waals surface area contributed by atoms with Gasteiger partial charge in [0.1, 0.15) is 88.0 Å². The van der Waals surface area contributed by atoms with Crippen molar-refractivity contribution >= 4 is 87.7 Å². The van der Waals surface area contributed by atoms with Crippen LogP contribution in [0.15, 0.2) is 152 Å². The number of nitrogens with zero attached hydrogens (tertiary/aromatic N) is 25. The van der Waals surface area contributed by atoms with Gasteiger partial charge in [-0.3, -0.25) is 24.0 Å². The highest BCUT2D eigenvalue weighted by Crippen LogP contribution is 2.47. The Morgan fingerprint density at radius 3 is 0.707 bits per heavy atom. The first-order valence-corrected chi connectivity index (χ1v) is 44.6. The molecular formula is C105H95F5N30O10. The smallest absolute Gasteiger partial charge is 0.260 e. The molecule has 10 bridgehead atoms. The summed E-state index contributed by atoms with van der Waals surface area (Å²) in [6.07, 6.45) is -1.45. The van der Waals surface area contributed by atoms with Crippen molar-refractivity contribution in [1.29, 1.82) is 0 Å². The van der Waals surface area contributed by atoms with Gasteiger partial charge in [-0.1, -0.05) is 32.9 Å². The molecule has 0 saturated carbocycles. The summed E-state index contributed by atoms with van der Waals surface area (Å²) in [7, 11) is 10.9. The number of ether oxygens (including phenoxy) is 5. The molecule has 15 heterocycles. The molecule has 5 amide bonds. The Morgan fingerprint density at radius 1 is 0.307 bits per heavy atom. The fourth-order valence-electron chi connectivity index (χ4n) is 17.1. The number of aryl methyl sites for hydroxylation is 5. The lowest BCUT2D eigenvalue weighted by molar-refractivity contribution is 0.0771. The number of benzene rings is 5. The number of hydrogen-bond acceptors (Lipinski definition) is 25. The first-order chi connectivity index (χ1) is 78.3. The molecule has 0 radical (unpaired) electrons. The maximum absolute atomic E-state index is 14.4. The topological polar surface area (TPSA) is 453 Å². The molecule has 10 N–H and O–H groups in total. The summed E-state index contributed by atoms with van der Waals surface area (Å²) in [6, 6.07) is 23.5. The molecule has 0 fully saturated rings. The highest BCUT2D eigenvalue weighted by molar-refractivity contribution is 6.00. The molecule has 5 aliphatic heterocycles. The van der Waals surface area contributed by atoms with E-state index in [1.807, 2.05) is 0 Å². The summed E-state index contributed by atoms with van der Waals surface area (Å²) < 4.78 is 244. The second kappa shape index (κ2) is 42.0. The number of nitrogens with two attached hydrogens (primary N) is 5. The molecule has 0 saturated heterocycles. The molecule has 45 heteroatoms. The van der Waals surface area contributed by atoms with E-state index in [9.17, 15) is 45.9 Å². The fourth-order valence-corrected chi connectivity index (χ4v) is 17.1. The van der Waals surface area contributed by atoms with Crippen molar-refractivity contribution in [1.82, 2.24) is 98.3 Å². The van der Waals surface area contributed by atoms with Gasteiger partial charge in [-0.25, -0.2) is 70.3 Å². The maximum atomic E-state index is 14.4. The Labute approximate surface area is 879 Å². The highest BCUT2D eigenvalue weighted by atomic mass is 19.1. The van der Waals surface area contributed by atoms with Gasteiger partial charge in [-0.15, -0.1) is 25.5 Å². The molecule has 5 atom stereocenters. The second-order valence-electron chi connectivity index (χ2n) is 34.2. The van der Waals surface area contributed by atoms with E-state index < -0.39 is 154 Å². The Balaban J connectivity index is 0.000000146. The van der Waals surface area contributed by atoms with E-state index in [4.69, 9.17) is 109 Å². The highest BCUT2D eigenvalue weighted by Gasteiger charge is 2.37. The van der Waals surface area contributed by atoms with Crippen molar-refractivity contribution in [2.45, 2.75) is 97.7 Å². The average Bonchev–Trinajstić information content (AvgIpc) is 1.09. The molecule has 20 rings (SSSR count). The normalized spacial score (nSPS) is 19.0. The van der Waals surface area contributed by atoms with Crippen LogP contribution in [-0.2, 0) is 68.0 Å². The number of pyridine rings is 5. The predicted molar refractivity (Wildman–Crippen MR) is 542 cm³/mol. The van der Waals surface area contributed by atoms with Gasteiger partial charge in [0.05, 0.1) is 70.7 Å². The number of nitrogen functional groups attached to an aromatic ring is 5. The summed E-state index contributed by atoms with van der Waals surface area (Å²) in [6.45, 7) is 26.1. The lowest BCUT2D eigenvalue weighted by atomic mass is 10.0. The van der Waals surface area contributed by atoms with Crippen LogP contribution in [-0.4, -0.2) is 163 Å². The van der Waals surface area contributed by atoms with Crippen LogP contribution in [0.3, 0.4) is 0 Å². The predicted octanol–water partition coefficient (Wildman–Crippen LogP) is 17.4. The van der Waals surface area contributed by atoms with E-state index in [-0.39, 0.29) is 156 Å². The largest absolute Gasteiger partial charge is 0.482 e. The van der Waals surface area contributed by atoms with Gasteiger partial charge >= 0.3 is 0 Å². The summed E-state index contributed by atoms with van der Waals surface area (Å²) in [5, 5.41) is 21.7. The summed E-state index contributed by atoms with van der Waals surface area (Å²) in [4.78, 5) is 110. The van der Waals surface area contributed by atoms with E-state index in [1.54, 1.807) is 80.4 Å². The van der Waals surface area contributed by atoms with Gasteiger partial charge in [0.15, 0.2) is 57.8 Å². The zero-order valence-electron chi connectivity index (χ0n) is 97.7. The van der Waals surface area contributed by atoms with Crippen LogP contribution in [0.5, 0.6) is 28.7 Å². The minimum absolute atomic E-state index is 0.0210. The second-order valence-corrected chi connectivity index (χ2v) is 34.2. The SMILES string of the molecule is [2H]C([2H])([2H])N1Cc2nn(C)c([N+]#[C-])c2-c2cnc(N)c(c2)OC([2H])(C([2H])([2H])[2H])c2cc(F)ccc2C1=O.[2H]C([2H])([2H])N1Cc2nn(C)c([N+]#[C-])c2-c2cnc(N)c(c2)O[C@@H](C)c2cc(F)ccc2C1=O.[2H]C([2H])([2H])N1Cc2nn(C)c([N+]#[C-])c2-c2cnc(N)c(c2)O[C@@H](C)c2cc(F)ccc2C1=O.[2H]C([2H])([2H])[C@@]1([2H])Oc2cc(cnc2N)-c2c(nn(C)c2[N+]#[C-])CN(C)C(=O)c2ccc(F)cc21.[C-]#[N+]c1c2c(nn1C)CN(C)C(=O)c1ccc(F)cc1[C@H](C)Oc1cc-2cnc1N. The minimum Gasteiger partial charge on any atom is -0.482 e. The number of amides is 5.